The van der Waals surface area contributed by atoms with Crippen molar-refractivity contribution in [3.63, 3.8) is 0 Å². The first-order valence-electron chi connectivity index (χ1n) is 10.7. The highest BCUT2D eigenvalue weighted by molar-refractivity contribution is 6.25. The lowest BCUT2D eigenvalue weighted by Gasteiger charge is -2.39. The first-order chi connectivity index (χ1) is 14.9. The van der Waals surface area contributed by atoms with Crippen LogP contribution in [0.5, 0.6) is 0 Å². The molecule has 5 unspecified atom stereocenters. The van der Waals surface area contributed by atoms with Crippen molar-refractivity contribution in [2.75, 3.05) is 19.8 Å². The minimum atomic E-state index is -1.16. The van der Waals surface area contributed by atoms with Crippen LogP contribution in [-0.2, 0) is 25.5 Å². The molecule has 6 atom stereocenters. The summed E-state index contributed by atoms with van der Waals surface area (Å²) >= 11 is 12.9. The largest absolute Gasteiger partial charge is 0.464 e. The Morgan fingerprint density at radius 1 is 1.26 bits per heavy atom. The summed E-state index contributed by atoms with van der Waals surface area (Å²) in [6, 6.07) is 8.43. The van der Waals surface area contributed by atoms with E-state index in [2.05, 4.69) is 5.32 Å². The number of carbonyl (C=O) groups excluding carboxylic acids is 2. The second-order valence-corrected chi connectivity index (χ2v) is 8.69. The van der Waals surface area contributed by atoms with E-state index in [0.29, 0.717) is 13.2 Å². The number of hydrogen-bond acceptors (Lipinski definition) is 6. The third-order valence-electron chi connectivity index (χ3n) is 5.30. The van der Waals surface area contributed by atoms with Gasteiger partial charge in [-0.3, -0.25) is 4.79 Å². The summed E-state index contributed by atoms with van der Waals surface area (Å²) in [5, 5.41) is 12.0. The highest BCUT2D eigenvalue weighted by Gasteiger charge is 2.46. The monoisotopic (exact) mass is 474 g/mol. The van der Waals surface area contributed by atoms with Crippen molar-refractivity contribution in [2.45, 2.75) is 61.6 Å². The number of alkyl halides is 2. The van der Waals surface area contributed by atoms with E-state index in [1.54, 1.807) is 6.92 Å². The second kappa shape index (κ2) is 13.2. The molecule has 2 rings (SSSR count). The number of aliphatic hydroxyl groups excluding tert-OH is 1. The third-order valence-corrected chi connectivity index (χ3v) is 6.24. The van der Waals surface area contributed by atoms with Crippen LogP contribution in [0.2, 0.25) is 0 Å². The first kappa shape index (κ1) is 25.9. The van der Waals surface area contributed by atoms with Crippen LogP contribution < -0.4 is 11.1 Å². The zero-order chi connectivity index (χ0) is 22.8. The lowest BCUT2D eigenvalue weighted by Crippen LogP contribution is -2.56. The van der Waals surface area contributed by atoms with E-state index < -0.39 is 46.8 Å². The standard InChI is InChI=1S/C22H32Cl2N2O5/c1-2-30-22(29)17(12-14-8-4-3-5-9-14)26-21(28)15-13-16(23)20(18(24)19(15)27)31-11-7-6-10-25/h3-5,8-9,15-20,27H,2,6-7,10-13,25H2,1H3,(H,26,28)/t15?,16?,17-,18?,19?,20?/m1/s1. The van der Waals surface area contributed by atoms with Gasteiger partial charge in [-0.25, -0.2) is 4.79 Å². The molecule has 1 aromatic rings. The number of amides is 1. The maximum Gasteiger partial charge on any atom is 0.328 e. The molecule has 9 heteroatoms. The Hall–Kier alpha value is -1.38. The number of nitrogens with one attached hydrogen (secondary N) is 1. The molecule has 1 saturated carbocycles. The number of rotatable bonds is 11. The molecule has 0 spiro atoms. The molecule has 1 aliphatic rings. The Morgan fingerprint density at radius 2 is 1.97 bits per heavy atom. The van der Waals surface area contributed by atoms with Gasteiger partial charge in [-0.2, -0.15) is 0 Å². The molecule has 0 saturated heterocycles. The molecule has 31 heavy (non-hydrogen) atoms. The molecule has 1 aromatic carbocycles. The average Bonchev–Trinajstić information content (AvgIpc) is 2.76. The van der Waals surface area contributed by atoms with Gasteiger partial charge in [0.2, 0.25) is 5.91 Å². The van der Waals surface area contributed by atoms with Crippen molar-refractivity contribution in [3.05, 3.63) is 35.9 Å². The van der Waals surface area contributed by atoms with E-state index >= 15 is 0 Å². The van der Waals surface area contributed by atoms with Crippen molar-refractivity contribution in [2.24, 2.45) is 11.7 Å². The van der Waals surface area contributed by atoms with Crippen molar-refractivity contribution in [1.82, 2.24) is 5.32 Å². The third kappa shape index (κ3) is 7.61. The number of benzene rings is 1. The Balaban J connectivity index is 2.03. The number of esters is 1. The molecule has 0 aromatic heterocycles. The summed E-state index contributed by atoms with van der Waals surface area (Å²) in [5.74, 6) is -1.88. The quantitative estimate of drug-likeness (QED) is 0.257. The maximum atomic E-state index is 13.0. The maximum absolute atomic E-state index is 13.0. The van der Waals surface area contributed by atoms with Gasteiger partial charge in [-0.05, 0) is 38.3 Å². The van der Waals surface area contributed by atoms with Gasteiger partial charge in [0.1, 0.15) is 6.04 Å². The van der Waals surface area contributed by atoms with E-state index in [0.717, 1.165) is 18.4 Å². The lowest BCUT2D eigenvalue weighted by atomic mass is 9.83. The van der Waals surface area contributed by atoms with Crippen LogP contribution in [0.25, 0.3) is 0 Å². The summed E-state index contributed by atoms with van der Waals surface area (Å²) in [6.07, 6.45) is 0.300. The van der Waals surface area contributed by atoms with Crippen molar-refractivity contribution < 1.29 is 24.2 Å². The van der Waals surface area contributed by atoms with Crippen LogP contribution in [0.1, 0.15) is 31.7 Å². The van der Waals surface area contributed by atoms with Crippen molar-refractivity contribution in [1.29, 1.82) is 0 Å². The molecule has 1 fully saturated rings. The second-order valence-electron chi connectivity index (χ2n) is 7.63. The number of unbranched alkanes of at least 4 members (excludes halogenated alkanes) is 1. The molecule has 174 valence electrons. The molecule has 0 aliphatic heterocycles. The number of halogens is 2. The van der Waals surface area contributed by atoms with E-state index in [1.165, 1.54) is 0 Å². The zero-order valence-electron chi connectivity index (χ0n) is 17.7. The average molecular weight is 475 g/mol. The van der Waals surface area contributed by atoms with Crippen molar-refractivity contribution in [3.8, 4) is 0 Å². The molecule has 1 aliphatic carbocycles. The fourth-order valence-electron chi connectivity index (χ4n) is 3.62. The molecule has 0 radical (unpaired) electrons. The SMILES string of the molecule is CCOC(=O)[C@@H](Cc1ccccc1)NC(=O)C1CC(Cl)C(OCCCCN)C(Cl)C1O. The van der Waals surface area contributed by atoms with Gasteiger partial charge in [0.15, 0.2) is 0 Å². The van der Waals surface area contributed by atoms with Crippen molar-refractivity contribution >= 4 is 35.1 Å². The number of carbonyl (C=O) groups is 2. The van der Waals surface area contributed by atoms with Crippen LogP contribution in [0, 0.1) is 5.92 Å². The van der Waals surface area contributed by atoms with Gasteiger partial charge in [-0.1, -0.05) is 30.3 Å². The number of aliphatic hydroxyl groups is 1. The normalized spacial score (nSPS) is 26.8. The summed E-state index contributed by atoms with van der Waals surface area (Å²) < 4.78 is 10.9. The predicted molar refractivity (Wildman–Crippen MR) is 120 cm³/mol. The van der Waals surface area contributed by atoms with E-state index in [-0.39, 0.29) is 19.4 Å². The Morgan fingerprint density at radius 3 is 2.61 bits per heavy atom. The summed E-state index contributed by atoms with van der Waals surface area (Å²) in [7, 11) is 0. The lowest BCUT2D eigenvalue weighted by molar-refractivity contribution is -0.149. The minimum absolute atomic E-state index is 0.181. The van der Waals surface area contributed by atoms with E-state index in [9.17, 15) is 14.7 Å². The van der Waals surface area contributed by atoms with Gasteiger partial charge in [-0.15, -0.1) is 23.2 Å². The van der Waals surface area contributed by atoms with Crippen LogP contribution in [0.15, 0.2) is 30.3 Å². The first-order valence-corrected chi connectivity index (χ1v) is 11.5. The fourth-order valence-corrected chi connectivity index (χ4v) is 4.54. The smallest absolute Gasteiger partial charge is 0.328 e. The summed E-state index contributed by atoms with van der Waals surface area (Å²) in [4.78, 5) is 25.4. The summed E-state index contributed by atoms with van der Waals surface area (Å²) in [6.45, 7) is 2.90. The van der Waals surface area contributed by atoms with Crippen LogP contribution in [0.3, 0.4) is 0 Å². The summed E-state index contributed by atoms with van der Waals surface area (Å²) in [5.41, 5.74) is 6.36. The van der Waals surface area contributed by atoms with Crippen LogP contribution >= 0.6 is 23.2 Å². The number of nitrogens with two attached hydrogens (primary N) is 1. The molecular formula is C22H32Cl2N2O5. The minimum Gasteiger partial charge on any atom is -0.464 e. The topological polar surface area (TPSA) is 111 Å². The Labute approximate surface area is 193 Å². The Kier molecular flexibility index (Phi) is 11.0. The van der Waals surface area contributed by atoms with Gasteiger partial charge in [0, 0.05) is 13.0 Å². The van der Waals surface area contributed by atoms with Gasteiger partial charge in [0.25, 0.3) is 0 Å². The number of hydrogen-bond donors (Lipinski definition) is 3. The molecular weight excluding hydrogens is 443 g/mol. The molecule has 0 bridgehead atoms. The molecule has 0 heterocycles. The van der Waals surface area contributed by atoms with Gasteiger partial charge < -0.3 is 25.6 Å². The highest BCUT2D eigenvalue weighted by atomic mass is 35.5. The molecule has 4 N–H and O–H groups in total. The van der Waals surface area contributed by atoms with Gasteiger partial charge >= 0.3 is 5.97 Å². The van der Waals surface area contributed by atoms with E-state index in [1.807, 2.05) is 30.3 Å². The highest BCUT2D eigenvalue weighted by Crippen LogP contribution is 2.34. The van der Waals surface area contributed by atoms with Crippen LogP contribution in [-0.4, -0.2) is 65.7 Å². The predicted octanol–water partition coefficient (Wildman–Crippen LogP) is 2.00. The van der Waals surface area contributed by atoms with Crippen LogP contribution in [0.4, 0.5) is 0 Å². The Bertz CT molecular complexity index is 694. The zero-order valence-corrected chi connectivity index (χ0v) is 19.2. The fraction of sp³-hybridized carbons (Fsp3) is 0.636. The van der Waals surface area contributed by atoms with E-state index in [4.69, 9.17) is 38.4 Å². The number of ether oxygens (including phenoxy) is 2. The molecule has 1 amide bonds. The van der Waals surface area contributed by atoms with Gasteiger partial charge in [0.05, 0.1) is 35.5 Å². The molecule has 7 nitrogen and oxygen atoms in total.